The fraction of sp³-hybridized carbons (Fsp3) is 0.312. The van der Waals surface area contributed by atoms with Gasteiger partial charge in [0.15, 0.2) is 0 Å². The molecule has 2 amide bonds. The van der Waals surface area contributed by atoms with Crippen molar-refractivity contribution in [3.8, 4) is 5.75 Å². The monoisotopic (exact) mass is 285 g/mol. The van der Waals surface area contributed by atoms with E-state index < -0.39 is 0 Å². The van der Waals surface area contributed by atoms with Gasteiger partial charge in [0.1, 0.15) is 5.75 Å². The molecule has 1 aliphatic heterocycles. The lowest BCUT2D eigenvalue weighted by Gasteiger charge is -2.34. The number of ether oxygens (including phenoxy) is 1. The maximum absolute atomic E-state index is 12.4. The summed E-state index contributed by atoms with van der Waals surface area (Å²) >= 11 is 0. The highest BCUT2D eigenvalue weighted by atomic mass is 16.5. The minimum atomic E-state index is -0.0693. The number of fused-ring (bicyclic) bond motifs is 1. The molecule has 110 valence electrons. The van der Waals surface area contributed by atoms with Crippen molar-refractivity contribution in [3.05, 3.63) is 48.3 Å². The Labute approximate surface area is 124 Å². The number of aromatic nitrogens is 1. The van der Waals surface area contributed by atoms with Crippen molar-refractivity contribution >= 4 is 11.7 Å². The van der Waals surface area contributed by atoms with Crippen LogP contribution in [0.2, 0.25) is 0 Å². The van der Waals surface area contributed by atoms with E-state index in [-0.39, 0.29) is 12.1 Å². The third-order valence-corrected chi connectivity index (χ3v) is 3.94. The van der Waals surface area contributed by atoms with Crippen LogP contribution in [0, 0.1) is 0 Å². The summed E-state index contributed by atoms with van der Waals surface area (Å²) < 4.78 is 7.31. The van der Waals surface area contributed by atoms with E-state index in [1.165, 1.54) is 5.69 Å². The van der Waals surface area contributed by atoms with Gasteiger partial charge in [-0.3, -0.25) is 0 Å². The normalized spacial score (nSPS) is 17.2. The zero-order valence-corrected chi connectivity index (χ0v) is 12.2. The molecule has 0 saturated carbocycles. The quantitative estimate of drug-likeness (QED) is 0.921. The lowest BCUT2D eigenvalue weighted by atomic mass is 10.1. The van der Waals surface area contributed by atoms with Crippen molar-refractivity contribution < 1.29 is 9.53 Å². The van der Waals surface area contributed by atoms with E-state index >= 15 is 0 Å². The van der Waals surface area contributed by atoms with Crippen LogP contribution in [-0.4, -0.2) is 29.2 Å². The van der Waals surface area contributed by atoms with Crippen LogP contribution in [0.4, 0.5) is 10.5 Å². The van der Waals surface area contributed by atoms with Crippen LogP contribution in [0.1, 0.15) is 18.7 Å². The van der Waals surface area contributed by atoms with Crippen LogP contribution in [0.3, 0.4) is 0 Å². The molecule has 1 aromatic carbocycles. The van der Waals surface area contributed by atoms with Gasteiger partial charge >= 0.3 is 6.03 Å². The summed E-state index contributed by atoms with van der Waals surface area (Å²) in [7, 11) is 1.62. The molecular formula is C16H19N3O2. The minimum Gasteiger partial charge on any atom is -0.497 e. The van der Waals surface area contributed by atoms with Gasteiger partial charge in [0.05, 0.1) is 13.2 Å². The lowest BCUT2D eigenvalue weighted by molar-refractivity contribution is 0.175. The highest BCUT2D eigenvalue weighted by Gasteiger charge is 2.27. The van der Waals surface area contributed by atoms with Crippen LogP contribution in [0.25, 0.3) is 0 Å². The molecule has 1 aromatic heterocycles. The SMILES string of the molecule is COc1ccc(NC(=O)N2CCn3cccc3C2C)cc1. The van der Waals surface area contributed by atoms with Gasteiger partial charge in [0.2, 0.25) is 0 Å². The van der Waals surface area contributed by atoms with Gasteiger partial charge < -0.3 is 19.5 Å². The van der Waals surface area contributed by atoms with Crippen LogP contribution in [0.15, 0.2) is 42.6 Å². The highest BCUT2D eigenvalue weighted by Crippen LogP contribution is 2.26. The maximum Gasteiger partial charge on any atom is 0.322 e. The molecule has 1 atom stereocenters. The van der Waals surface area contributed by atoms with Crippen LogP contribution in [0.5, 0.6) is 5.75 Å². The van der Waals surface area contributed by atoms with E-state index in [1.807, 2.05) is 35.2 Å². The zero-order chi connectivity index (χ0) is 14.8. The Morgan fingerprint density at radius 2 is 2.00 bits per heavy atom. The molecule has 0 saturated heterocycles. The molecule has 0 aliphatic carbocycles. The number of rotatable bonds is 2. The van der Waals surface area contributed by atoms with Crippen LogP contribution < -0.4 is 10.1 Å². The Morgan fingerprint density at radius 3 is 2.71 bits per heavy atom. The Morgan fingerprint density at radius 1 is 1.24 bits per heavy atom. The van der Waals surface area contributed by atoms with E-state index in [2.05, 4.69) is 29.1 Å². The number of carbonyl (C=O) groups is 1. The Kier molecular flexibility index (Phi) is 3.56. The Balaban J connectivity index is 1.71. The predicted molar refractivity (Wildman–Crippen MR) is 81.6 cm³/mol. The van der Waals surface area contributed by atoms with Gasteiger partial charge in [-0.1, -0.05) is 0 Å². The fourth-order valence-corrected chi connectivity index (χ4v) is 2.73. The predicted octanol–water partition coefficient (Wildman–Crippen LogP) is 3.11. The topological polar surface area (TPSA) is 46.5 Å². The molecule has 2 aromatic rings. The Bertz CT molecular complexity index is 633. The average Bonchev–Trinajstić information content (AvgIpc) is 2.98. The number of amides is 2. The fourth-order valence-electron chi connectivity index (χ4n) is 2.73. The lowest BCUT2D eigenvalue weighted by Crippen LogP contribution is -2.42. The van der Waals surface area contributed by atoms with Crippen molar-refractivity contribution in [1.29, 1.82) is 0 Å². The average molecular weight is 285 g/mol. The number of benzene rings is 1. The van der Waals surface area contributed by atoms with Gasteiger partial charge in [-0.05, 0) is 43.3 Å². The molecule has 5 heteroatoms. The molecular weight excluding hydrogens is 266 g/mol. The van der Waals surface area contributed by atoms with Gasteiger partial charge in [-0.25, -0.2) is 4.79 Å². The number of anilines is 1. The summed E-state index contributed by atoms with van der Waals surface area (Å²) in [5, 5.41) is 2.94. The molecule has 1 aliphatic rings. The largest absolute Gasteiger partial charge is 0.497 e. The first-order valence-electron chi connectivity index (χ1n) is 7.06. The standard InChI is InChI=1S/C16H19N3O2/c1-12-15-4-3-9-18(15)10-11-19(12)16(20)17-13-5-7-14(21-2)8-6-13/h3-9,12H,10-11H2,1-2H3,(H,17,20). The molecule has 21 heavy (non-hydrogen) atoms. The van der Waals surface area contributed by atoms with E-state index in [0.29, 0.717) is 6.54 Å². The summed E-state index contributed by atoms with van der Waals surface area (Å²) in [6.45, 7) is 3.60. The number of nitrogens with one attached hydrogen (secondary N) is 1. The van der Waals surface area contributed by atoms with Crippen molar-refractivity contribution in [1.82, 2.24) is 9.47 Å². The first-order valence-corrected chi connectivity index (χ1v) is 7.06. The molecule has 0 bridgehead atoms. The van der Waals surface area contributed by atoms with Crippen molar-refractivity contribution in [3.63, 3.8) is 0 Å². The number of hydrogen-bond donors (Lipinski definition) is 1. The van der Waals surface area contributed by atoms with Crippen molar-refractivity contribution in [2.75, 3.05) is 19.0 Å². The summed E-state index contributed by atoms with van der Waals surface area (Å²) in [6.07, 6.45) is 2.06. The van der Waals surface area contributed by atoms with Gasteiger partial charge in [0, 0.05) is 30.7 Å². The molecule has 1 N–H and O–H groups in total. The third kappa shape index (κ3) is 2.59. The molecule has 5 nitrogen and oxygen atoms in total. The first-order chi connectivity index (χ1) is 10.2. The first kappa shape index (κ1) is 13.5. The second-order valence-electron chi connectivity index (χ2n) is 5.15. The van der Waals surface area contributed by atoms with E-state index in [1.54, 1.807) is 7.11 Å². The van der Waals surface area contributed by atoms with Crippen LogP contribution in [-0.2, 0) is 6.54 Å². The van der Waals surface area contributed by atoms with Gasteiger partial charge in [-0.2, -0.15) is 0 Å². The molecule has 0 radical (unpaired) electrons. The molecule has 2 heterocycles. The second kappa shape index (κ2) is 5.52. The second-order valence-corrected chi connectivity index (χ2v) is 5.15. The summed E-state index contributed by atoms with van der Waals surface area (Å²) in [4.78, 5) is 14.3. The van der Waals surface area contributed by atoms with Gasteiger partial charge in [-0.15, -0.1) is 0 Å². The van der Waals surface area contributed by atoms with E-state index in [9.17, 15) is 4.79 Å². The molecule has 3 rings (SSSR count). The zero-order valence-electron chi connectivity index (χ0n) is 12.2. The molecule has 1 unspecified atom stereocenters. The third-order valence-electron chi connectivity index (χ3n) is 3.94. The molecule has 0 fully saturated rings. The number of hydrogen-bond acceptors (Lipinski definition) is 2. The Hall–Kier alpha value is -2.43. The molecule has 0 spiro atoms. The minimum absolute atomic E-state index is 0.0693. The maximum atomic E-state index is 12.4. The summed E-state index contributed by atoms with van der Waals surface area (Å²) in [5.41, 5.74) is 1.94. The summed E-state index contributed by atoms with van der Waals surface area (Å²) in [5.74, 6) is 0.775. The number of nitrogens with zero attached hydrogens (tertiary/aromatic N) is 2. The van der Waals surface area contributed by atoms with Crippen molar-refractivity contribution in [2.45, 2.75) is 19.5 Å². The van der Waals surface area contributed by atoms with Crippen molar-refractivity contribution in [2.24, 2.45) is 0 Å². The number of urea groups is 1. The smallest absolute Gasteiger partial charge is 0.322 e. The number of methoxy groups -OCH3 is 1. The van der Waals surface area contributed by atoms with Gasteiger partial charge in [0.25, 0.3) is 0 Å². The van der Waals surface area contributed by atoms with Crippen LogP contribution >= 0.6 is 0 Å². The van der Waals surface area contributed by atoms with E-state index in [4.69, 9.17) is 4.74 Å². The number of carbonyl (C=O) groups excluding carboxylic acids is 1. The van der Waals surface area contributed by atoms with E-state index in [0.717, 1.165) is 18.0 Å². The summed E-state index contributed by atoms with van der Waals surface area (Å²) in [6, 6.07) is 11.4. The highest BCUT2D eigenvalue weighted by molar-refractivity contribution is 5.89.